The zero-order chi connectivity index (χ0) is 15.5. The highest BCUT2D eigenvalue weighted by atomic mass is 15.2. The minimum atomic E-state index is 0.655. The van der Waals surface area contributed by atoms with Crippen LogP contribution in [0.25, 0.3) is 0 Å². The lowest BCUT2D eigenvalue weighted by molar-refractivity contribution is 0.212. The van der Waals surface area contributed by atoms with Gasteiger partial charge in [-0.3, -0.25) is 10.00 Å². The lowest BCUT2D eigenvalue weighted by Gasteiger charge is -2.29. The topological polar surface area (TPSA) is 69.7 Å². The van der Waals surface area contributed by atoms with Gasteiger partial charge in [0.15, 0.2) is 0 Å². The highest BCUT2D eigenvalue weighted by Crippen LogP contribution is 2.28. The molecule has 1 aliphatic carbocycles. The van der Waals surface area contributed by atoms with Crippen LogP contribution in [0.15, 0.2) is 18.5 Å². The zero-order valence-corrected chi connectivity index (χ0v) is 13.5. The quantitative estimate of drug-likeness (QED) is 0.887. The van der Waals surface area contributed by atoms with Crippen LogP contribution in [-0.4, -0.2) is 38.2 Å². The van der Waals surface area contributed by atoms with Gasteiger partial charge in [0, 0.05) is 37.6 Å². The standard InChI is InChI=1S/C17H24N6/c1-2-5-13(4-1)11-23-9-6-14-15(21-22-16(14)12-23)10-20-17-18-7-3-8-19-17/h3,7-8,13H,1-2,4-6,9-12H2,(H,21,22)(H,18,19,20). The number of fused-ring (bicyclic) bond motifs is 1. The molecule has 6 heteroatoms. The molecule has 122 valence electrons. The first kappa shape index (κ1) is 14.6. The van der Waals surface area contributed by atoms with Crippen LogP contribution in [0.1, 0.15) is 42.6 Å². The molecular formula is C17H24N6. The smallest absolute Gasteiger partial charge is 0.222 e. The van der Waals surface area contributed by atoms with Gasteiger partial charge >= 0.3 is 0 Å². The highest BCUT2D eigenvalue weighted by molar-refractivity contribution is 5.31. The molecule has 0 unspecified atom stereocenters. The van der Waals surface area contributed by atoms with Crippen molar-refractivity contribution in [1.29, 1.82) is 0 Å². The summed E-state index contributed by atoms with van der Waals surface area (Å²) in [5.74, 6) is 1.57. The molecule has 6 nitrogen and oxygen atoms in total. The molecule has 4 rings (SSSR count). The molecular weight excluding hydrogens is 288 g/mol. The van der Waals surface area contributed by atoms with E-state index in [0.717, 1.165) is 31.1 Å². The number of hydrogen-bond acceptors (Lipinski definition) is 5. The maximum atomic E-state index is 4.51. The van der Waals surface area contributed by atoms with Crippen molar-refractivity contribution in [3.05, 3.63) is 35.4 Å². The molecule has 1 fully saturated rings. The number of anilines is 1. The number of rotatable bonds is 5. The second-order valence-electron chi connectivity index (χ2n) is 6.69. The minimum Gasteiger partial charge on any atom is -0.348 e. The zero-order valence-electron chi connectivity index (χ0n) is 13.5. The number of H-pyrrole nitrogens is 1. The molecule has 1 aliphatic heterocycles. The Bertz CT molecular complexity index is 632. The molecule has 2 aliphatic rings. The number of hydrogen-bond donors (Lipinski definition) is 2. The van der Waals surface area contributed by atoms with Gasteiger partial charge in [0.2, 0.25) is 5.95 Å². The summed E-state index contributed by atoms with van der Waals surface area (Å²) in [7, 11) is 0. The normalized spacial score (nSPS) is 19.0. The van der Waals surface area contributed by atoms with Gasteiger partial charge in [-0.25, -0.2) is 9.97 Å². The van der Waals surface area contributed by atoms with E-state index < -0.39 is 0 Å². The largest absolute Gasteiger partial charge is 0.348 e. The van der Waals surface area contributed by atoms with Crippen molar-refractivity contribution in [2.24, 2.45) is 5.92 Å². The highest BCUT2D eigenvalue weighted by Gasteiger charge is 2.24. The van der Waals surface area contributed by atoms with E-state index in [0.29, 0.717) is 12.5 Å². The van der Waals surface area contributed by atoms with Gasteiger partial charge in [0.1, 0.15) is 0 Å². The van der Waals surface area contributed by atoms with Crippen LogP contribution in [0, 0.1) is 5.92 Å². The van der Waals surface area contributed by atoms with Crippen molar-refractivity contribution in [3.63, 3.8) is 0 Å². The molecule has 0 amide bonds. The van der Waals surface area contributed by atoms with E-state index in [4.69, 9.17) is 0 Å². The van der Waals surface area contributed by atoms with Gasteiger partial charge < -0.3 is 5.32 Å². The van der Waals surface area contributed by atoms with Crippen molar-refractivity contribution in [3.8, 4) is 0 Å². The molecule has 2 aromatic rings. The van der Waals surface area contributed by atoms with E-state index in [1.807, 2.05) is 6.07 Å². The maximum absolute atomic E-state index is 4.51. The van der Waals surface area contributed by atoms with Crippen LogP contribution >= 0.6 is 0 Å². The first-order valence-electron chi connectivity index (χ1n) is 8.67. The Labute approximate surface area is 136 Å². The summed E-state index contributed by atoms with van der Waals surface area (Å²) in [6.07, 6.45) is 10.3. The Morgan fingerprint density at radius 2 is 2.04 bits per heavy atom. The Hall–Kier alpha value is -1.95. The Kier molecular flexibility index (Phi) is 4.24. The lowest BCUT2D eigenvalue weighted by atomic mass is 10.0. The van der Waals surface area contributed by atoms with Crippen LogP contribution in [0.4, 0.5) is 5.95 Å². The molecule has 2 N–H and O–H groups in total. The van der Waals surface area contributed by atoms with Gasteiger partial charge in [0.05, 0.1) is 17.9 Å². The van der Waals surface area contributed by atoms with Gasteiger partial charge in [-0.15, -0.1) is 0 Å². The molecule has 0 saturated heterocycles. The average Bonchev–Trinajstić information content (AvgIpc) is 3.23. The average molecular weight is 312 g/mol. The minimum absolute atomic E-state index is 0.655. The second-order valence-corrected chi connectivity index (χ2v) is 6.69. The van der Waals surface area contributed by atoms with Crippen LogP contribution in [0.2, 0.25) is 0 Å². The summed E-state index contributed by atoms with van der Waals surface area (Å²) < 4.78 is 0. The van der Waals surface area contributed by atoms with Crippen LogP contribution in [-0.2, 0) is 19.5 Å². The van der Waals surface area contributed by atoms with Crippen molar-refractivity contribution in [2.75, 3.05) is 18.4 Å². The summed E-state index contributed by atoms with van der Waals surface area (Å²) in [6.45, 7) is 4.10. The fourth-order valence-corrected chi connectivity index (χ4v) is 3.86. The Morgan fingerprint density at radius 3 is 2.87 bits per heavy atom. The van der Waals surface area contributed by atoms with E-state index in [9.17, 15) is 0 Å². The van der Waals surface area contributed by atoms with Crippen LogP contribution < -0.4 is 5.32 Å². The van der Waals surface area contributed by atoms with E-state index in [-0.39, 0.29) is 0 Å². The summed E-state index contributed by atoms with van der Waals surface area (Å²) in [4.78, 5) is 11.0. The molecule has 0 spiro atoms. The predicted molar refractivity (Wildman–Crippen MR) is 88.9 cm³/mol. The number of aromatic nitrogens is 4. The molecule has 0 atom stereocenters. The third-order valence-electron chi connectivity index (χ3n) is 5.07. The fraction of sp³-hybridized carbons (Fsp3) is 0.588. The summed E-state index contributed by atoms with van der Waals surface area (Å²) in [6, 6.07) is 1.82. The van der Waals surface area contributed by atoms with Crippen molar-refractivity contribution in [1.82, 2.24) is 25.1 Å². The van der Waals surface area contributed by atoms with Crippen LogP contribution in [0.3, 0.4) is 0 Å². The number of nitrogens with one attached hydrogen (secondary N) is 2. The molecule has 0 aromatic carbocycles. The SMILES string of the molecule is c1cnc(NCc2n[nH]c3c2CCN(CC2CCCC2)C3)nc1. The first-order chi connectivity index (χ1) is 11.4. The van der Waals surface area contributed by atoms with E-state index >= 15 is 0 Å². The van der Waals surface area contributed by atoms with Gasteiger partial charge in [-0.1, -0.05) is 12.8 Å². The van der Waals surface area contributed by atoms with Crippen LogP contribution in [0.5, 0.6) is 0 Å². The molecule has 2 aromatic heterocycles. The monoisotopic (exact) mass is 312 g/mol. The van der Waals surface area contributed by atoms with Crippen molar-refractivity contribution >= 4 is 5.95 Å². The second kappa shape index (κ2) is 6.66. The number of aromatic amines is 1. The van der Waals surface area contributed by atoms with Gasteiger partial charge in [0.25, 0.3) is 0 Å². The fourth-order valence-electron chi connectivity index (χ4n) is 3.86. The lowest BCUT2D eigenvalue weighted by Crippen LogP contribution is -2.34. The third-order valence-corrected chi connectivity index (χ3v) is 5.07. The third kappa shape index (κ3) is 3.37. The van der Waals surface area contributed by atoms with Crippen molar-refractivity contribution < 1.29 is 0 Å². The predicted octanol–water partition coefficient (Wildman–Crippen LogP) is 2.36. The first-order valence-corrected chi connectivity index (χ1v) is 8.67. The van der Waals surface area contributed by atoms with E-state index in [1.54, 1.807) is 12.4 Å². The molecule has 1 saturated carbocycles. The Balaban J connectivity index is 1.36. The van der Waals surface area contributed by atoms with E-state index in [1.165, 1.54) is 43.5 Å². The molecule has 3 heterocycles. The van der Waals surface area contributed by atoms with Crippen molar-refractivity contribution in [2.45, 2.75) is 45.2 Å². The summed E-state index contributed by atoms with van der Waals surface area (Å²) >= 11 is 0. The Morgan fingerprint density at radius 1 is 1.22 bits per heavy atom. The molecule has 0 bridgehead atoms. The maximum Gasteiger partial charge on any atom is 0.222 e. The van der Waals surface area contributed by atoms with Gasteiger partial charge in [-0.2, -0.15) is 5.10 Å². The number of nitrogens with zero attached hydrogens (tertiary/aromatic N) is 4. The van der Waals surface area contributed by atoms with Gasteiger partial charge in [-0.05, 0) is 31.2 Å². The summed E-state index contributed by atoms with van der Waals surface area (Å²) in [5, 5.41) is 11.0. The summed E-state index contributed by atoms with van der Waals surface area (Å²) in [5.41, 5.74) is 3.78. The molecule has 23 heavy (non-hydrogen) atoms. The van der Waals surface area contributed by atoms with E-state index in [2.05, 4.69) is 30.4 Å². The molecule has 0 radical (unpaired) electrons.